The first kappa shape index (κ1) is 13.8. The zero-order valence-corrected chi connectivity index (χ0v) is 11.1. The Morgan fingerprint density at radius 1 is 1.05 bits per heavy atom. The van der Waals surface area contributed by atoms with Gasteiger partial charge in [-0.3, -0.25) is 0 Å². The highest BCUT2D eigenvalue weighted by Gasteiger charge is 2.11. The van der Waals surface area contributed by atoms with Crippen molar-refractivity contribution in [2.45, 2.75) is 11.8 Å². The summed E-state index contributed by atoms with van der Waals surface area (Å²) >= 11 is 6.27. The predicted molar refractivity (Wildman–Crippen MR) is 71.7 cm³/mol. The third-order valence-electron chi connectivity index (χ3n) is 2.88. The molecule has 0 amide bonds. The molecule has 0 bridgehead atoms. The summed E-state index contributed by atoms with van der Waals surface area (Å²) in [6.45, 7) is 0. The molecule has 0 aromatic heterocycles. The summed E-state index contributed by atoms with van der Waals surface area (Å²) in [7, 11) is 1.59. The highest BCUT2D eigenvalue weighted by atomic mass is 35.5. The van der Waals surface area contributed by atoms with Gasteiger partial charge < -0.3 is 4.74 Å². The van der Waals surface area contributed by atoms with E-state index in [1.807, 2.05) is 24.3 Å². The minimum absolute atomic E-state index is 0.296. The predicted octanol–water partition coefficient (Wildman–Crippen LogP) is 4.50. The van der Waals surface area contributed by atoms with E-state index < -0.39 is 11.6 Å². The average molecular weight is 283 g/mol. The standard InChI is InChI=1S/C15H13ClF2O/c1-19-12-5-3-11(4-6-12)13(16)8-10-2-7-14(17)15(18)9-10/h2-7,9,13H,8H2,1H3. The van der Waals surface area contributed by atoms with Crippen molar-refractivity contribution in [2.75, 3.05) is 7.11 Å². The van der Waals surface area contributed by atoms with Crippen LogP contribution in [0.5, 0.6) is 5.75 Å². The molecule has 2 rings (SSSR count). The molecule has 0 aliphatic heterocycles. The molecule has 100 valence electrons. The van der Waals surface area contributed by atoms with Gasteiger partial charge >= 0.3 is 0 Å². The van der Waals surface area contributed by atoms with Crippen LogP contribution in [0.2, 0.25) is 0 Å². The van der Waals surface area contributed by atoms with Gasteiger partial charge in [-0.1, -0.05) is 18.2 Å². The first-order valence-electron chi connectivity index (χ1n) is 5.82. The molecule has 1 nitrogen and oxygen atoms in total. The lowest BCUT2D eigenvalue weighted by Crippen LogP contribution is -1.97. The van der Waals surface area contributed by atoms with Crippen molar-refractivity contribution in [3.05, 3.63) is 65.2 Å². The Hall–Kier alpha value is -1.61. The molecule has 0 aliphatic carbocycles. The van der Waals surface area contributed by atoms with Crippen LogP contribution in [0.4, 0.5) is 8.78 Å². The fourth-order valence-electron chi connectivity index (χ4n) is 1.80. The van der Waals surface area contributed by atoms with E-state index >= 15 is 0 Å². The maximum absolute atomic E-state index is 13.1. The summed E-state index contributed by atoms with van der Waals surface area (Å²) < 4.78 is 31.0. The van der Waals surface area contributed by atoms with E-state index in [-0.39, 0.29) is 5.38 Å². The van der Waals surface area contributed by atoms with Crippen molar-refractivity contribution in [1.82, 2.24) is 0 Å². The molecule has 0 fully saturated rings. The largest absolute Gasteiger partial charge is 0.497 e. The van der Waals surface area contributed by atoms with Gasteiger partial charge in [0.2, 0.25) is 0 Å². The van der Waals surface area contributed by atoms with Crippen LogP contribution in [-0.4, -0.2) is 7.11 Å². The van der Waals surface area contributed by atoms with Crippen molar-refractivity contribution in [3.63, 3.8) is 0 Å². The third-order valence-corrected chi connectivity index (χ3v) is 3.28. The Labute approximate surface area is 115 Å². The van der Waals surface area contributed by atoms with E-state index in [0.717, 1.165) is 17.4 Å². The van der Waals surface area contributed by atoms with Gasteiger partial charge in [0.1, 0.15) is 5.75 Å². The van der Waals surface area contributed by atoms with Gasteiger partial charge in [0, 0.05) is 0 Å². The van der Waals surface area contributed by atoms with E-state index in [4.69, 9.17) is 16.3 Å². The summed E-state index contributed by atoms with van der Waals surface area (Å²) in [6, 6.07) is 11.2. The molecular formula is C15H13ClF2O. The highest BCUT2D eigenvalue weighted by molar-refractivity contribution is 6.20. The van der Waals surface area contributed by atoms with Crippen molar-refractivity contribution < 1.29 is 13.5 Å². The smallest absolute Gasteiger partial charge is 0.159 e. The second-order valence-corrected chi connectivity index (χ2v) is 4.72. The number of benzene rings is 2. The quantitative estimate of drug-likeness (QED) is 0.751. The number of hydrogen-bond donors (Lipinski definition) is 0. The summed E-state index contributed by atoms with van der Waals surface area (Å²) in [5.41, 5.74) is 1.57. The maximum atomic E-state index is 13.1. The Morgan fingerprint density at radius 3 is 2.32 bits per heavy atom. The number of halogens is 3. The van der Waals surface area contributed by atoms with E-state index in [9.17, 15) is 8.78 Å². The minimum atomic E-state index is -0.851. The Balaban J connectivity index is 2.10. The van der Waals surface area contributed by atoms with Gasteiger partial charge in [-0.15, -0.1) is 11.6 Å². The first-order chi connectivity index (χ1) is 9.10. The van der Waals surface area contributed by atoms with Crippen LogP contribution >= 0.6 is 11.6 Å². The molecule has 0 spiro atoms. The van der Waals surface area contributed by atoms with Crippen LogP contribution in [-0.2, 0) is 6.42 Å². The molecule has 1 atom stereocenters. The lowest BCUT2D eigenvalue weighted by molar-refractivity contribution is 0.414. The molecule has 2 aromatic rings. The Kier molecular flexibility index (Phi) is 4.38. The zero-order valence-electron chi connectivity index (χ0n) is 10.4. The monoisotopic (exact) mass is 282 g/mol. The molecule has 0 heterocycles. The molecule has 2 aromatic carbocycles. The Bertz CT molecular complexity index is 555. The molecule has 0 aliphatic rings. The van der Waals surface area contributed by atoms with Crippen LogP contribution < -0.4 is 4.74 Å². The molecule has 19 heavy (non-hydrogen) atoms. The van der Waals surface area contributed by atoms with Gasteiger partial charge in [0.25, 0.3) is 0 Å². The fraction of sp³-hybridized carbons (Fsp3) is 0.200. The van der Waals surface area contributed by atoms with Gasteiger partial charge in [-0.2, -0.15) is 0 Å². The summed E-state index contributed by atoms with van der Waals surface area (Å²) in [4.78, 5) is 0. The van der Waals surface area contributed by atoms with Gasteiger partial charge in [-0.05, 0) is 41.8 Å². The van der Waals surface area contributed by atoms with Crippen LogP contribution in [0.3, 0.4) is 0 Å². The van der Waals surface area contributed by atoms with Crippen LogP contribution in [0.15, 0.2) is 42.5 Å². The molecule has 0 N–H and O–H groups in total. The molecule has 0 saturated heterocycles. The SMILES string of the molecule is COc1ccc(C(Cl)Cc2ccc(F)c(F)c2)cc1. The highest BCUT2D eigenvalue weighted by Crippen LogP contribution is 2.27. The van der Waals surface area contributed by atoms with Crippen LogP contribution in [0.25, 0.3) is 0 Å². The van der Waals surface area contributed by atoms with Crippen molar-refractivity contribution in [2.24, 2.45) is 0 Å². The molecule has 0 radical (unpaired) electrons. The first-order valence-corrected chi connectivity index (χ1v) is 6.25. The lowest BCUT2D eigenvalue weighted by Gasteiger charge is -2.11. The third kappa shape index (κ3) is 3.44. The molecule has 4 heteroatoms. The van der Waals surface area contributed by atoms with Crippen LogP contribution in [0.1, 0.15) is 16.5 Å². The number of alkyl halides is 1. The van der Waals surface area contributed by atoms with E-state index in [1.165, 1.54) is 12.1 Å². The van der Waals surface area contributed by atoms with Crippen molar-refractivity contribution in [3.8, 4) is 5.75 Å². The van der Waals surface area contributed by atoms with E-state index in [1.54, 1.807) is 7.11 Å². The van der Waals surface area contributed by atoms with E-state index in [2.05, 4.69) is 0 Å². The second kappa shape index (κ2) is 6.02. The summed E-state index contributed by atoms with van der Waals surface area (Å²) in [5.74, 6) is -0.948. The Morgan fingerprint density at radius 2 is 1.74 bits per heavy atom. The normalized spacial score (nSPS) is 12.2. The van der Waals surface area contributed by atoms with Crippen molar-refractivity contribution in [1.29, 1.82) is 0 Å². The maximum Gasteiger partial charge on any atom is 0.159 e. The lowest BCUT2D eigenvalue weighted by atomic mass is 10.0. The second-order valence-electron chi connectivity index (χ2n) is 4.19. The number of hydrogen-bond acceptors (Lipinski definition) is 1. The van der Waals surface area contributed by atoms with Crippen LogP contribution in [0, 0.1) is 11.6 Å². The fourth-order valence-corrected chi connectivity index (χ4v) is 2.13. The molecular weight excluding hydrogens is 270 g/mol. The van der Waals surface area contributed by atoms with Crippen molar-refractivity contribution >= 4 is 11.6 Å². The number of methoxy groups -OCH3 is 1. The zero-order chi connectivity index (χ0) is 13.8. The topological polar surface area (TPSA) is 9.23 Å². The van der Waals surface area contributed by atoms with Gasteiger partial charge in [-0.25, -0.2) is 8.78 Å². The summed E-state index contributed by atoms with van der Waals surface area (Å²) in [6.07, 6.45) is 0.436. The van der Waals surface area contributed by atoms with Gasteiger partial charge in [0.05, 0.1) is 12.5 Å². The average Bonchev–Trinajstić information content (AvgIpc) is 2.43. The number of ether oxygens (including phenoxy) is 1. The minimum Gasteiger partial charge on any atom is -0.497 e. The van der Waals surface area contributed by atoms with Gasteiger partial charge in [0.15, 0.2) is 11.6 Å². The van der Waals surface area contributed by atoms with E-state index in [0.29, 0.717) is 12.0 Å². The molecule has 1 unspecified atom stereocenters. The molecule has 0 saturated carbocycles. The number of rotatable bonds is 4. The summed E-state index contributed by atoms with van der Waals surface area (Å²) in [5, 5.41) is -0.296.